The minimum absolute atomic E-state index is 0.239. The standard InChI is InChI=1S/C24H33NO4Si/c1-7-28-23(27)18-22(26)25(19(2)3)29-30(24(4,5)6,20-14-10-8-11-15-20)21-16-12-9-13-17-21/h8-17,19H,7,18H2,1-6H3. The number of ether oxygens (including phenoxy) is 1. The van der Waals surface area contributed by atoms with Crippen molar-refractivity contribution in [1.82, 2.24) is 5.06 Å². The summed E-state index contributed by atoms with van der Waals surface area (Å²) in [6, 6.07) is 20.0. The topological polar surface area (TPSA) is 55.8 Å². The van der Waals surface area contributed by atoms with Gasteiger partial charge in [0.05, 0.1) is 12.6 Å². The number of hydrogen-bond donors (Lipinski definition) is 0. The third-order valence-electron chi connectivity index (χ3n) is 4.97. The maximum Gasteiger partial charge on any atom is 0.315 e. The molecule has 0 spiro atoms. The summed E-state index contributed by atoms with van der Waals surface area (Å²) in [5.41, 5.74) is 0. The van der Waals surface area contributed by atoms with Crippen LogP contribution in [0.4, 0.5) is 0 Å². The SMILES string of the molecule is CCOC(=O)CC(=O)N(O[Si](c1ccccc1)(c1ccccc1)C(C)(C)C)C(C)C. The Morgan fingerprint density at radius 2 is 1.40 bits per heavy atom. The third-order valence-corrected chi connectivity index (χ3v) is 9.84. The van der Waals surface area contributed by atoms with Crippen molar-refractivity contribution in [3.8, 4) is 0 Å². The largest absolute Gasteiger partial charge is 0.466 e. The van der Waals surface area contributed by atoms with Crippen LogP contribution in [-0.4, -0.2) is 37.9 Å². The van der Waals surface area contributed by atoms with Gasteiger partial charge in [0.15, 0.2) is 0 Å². The molecule has 0 bridgehead atoms. The summed E-state index contributed by atoms with van der Waals surface area (Å²) in [7, 11) is -2.95. The van der Waals surface area contributed by atoms with Gasteiger partial charge in [-0.1, -0.05) is 81.4 Å². The van der Waals surface area contributed by atoms with Gasteiger partial charge in [0, 0.05) is 0 Å². The van der Waals surface area contributed by atoms with E-state index in [9.17, 15) is 9.59 Å². The number of rotatable bonds is 8. The van der Waals surface area contributed by atoms with Crippen molar-refractivity contribution in [2.45, 2.75) is 59.0 Å². The maximum absolute atomic E-state index is 13.1. The molecule has 5 nitrogen and oxygen atoms in total. The lowest BCUT2D eigenvalue weighted by molar-refractivity contribution is -0.170. The molecule has 162 valence electrons. The van der Waals surface area contributed by atoms with Crippen LogP contribution in [0.5, 0.6) is 0 Å². The summed E-state index contributed by atoms with van der Waals surface area (Å²) in [6.07, 6.45) is -0.343. The molecule has 0 aliphatic heterocycles. The summed E-state index contributed by atoms with van der Waals surface area (Å²) in [5.74, 6) is -0.935. The molecular formula is C24H33NO4Si. The molecule has 2 rings (SSSR count). The predicted octanol–water partition coefficient (Wildman–Crippen LogP) is 3.67. The highest BCUT2D eigenvalue weighted by molar-refractivity contribution is 6.99. The molecule has 0 aromatic heterocycles. The van der Waals surface area contributed by atoms with E-state index >= 15 is 0 Å². The van der Waals surface area contributed by atoms with Crippen LogP contribution in [0.3, 0.4) is 0 Å². The second-order valence-corrected chi connectivity index (χ2v) is 12.7. The van der Waals surface area contributed by atoms with E-state index < -0.39 is 20.2 Å². The van der Waals surface area contributed by atoms with Crippen LogP contribution >= 0.6 is 0 Å². The van der Waals surface area contributed by atoms with E-state index in [0.717, 1.165) is 10.4 Å². The van der Waals surface area contributed by atoms with Gasteiger partial charge in [-0.05, 0) is 36.2 Å². The molecule has 0 radical (unpaired) electrons. The van der Waals surface area contributed by atoms with Gasteiger partial charge in [-0.15, -0.1) is 0 Å². The van der Waals surface area contributed by atoms with Crippen molar-refractivity contribution in [1.29, 1.82) is 0 Å². The average molecular weight is 428 g/mol. The van der Waals surface area contributed by atoms with Crippen LogP contribution < -0.4 is 10.4 Å². The first-order valence-corrected chi connectivity index (χ1v) is 12.3. The summed E-state index contributed by atoms with van der Waals surface area (Å²) in [6.45, 7) is 12.2. The molecule has 0 saturated heterocycles. The van der Waals surface area contributed by atoms with Crippen LogP contribution in [0.15, 0.2) is 60.7 Å². The minimum atomic E-state index is -2.95. The quantitative estimate of drug-likeness (QED) is 0.279. The molecular weight excluding hydrogens is 394 g/mol. The molecule has 0 fully saturated rings. The van der Waals surface area contributed by atoms with E-state index in [2.05, 4.69) is 45.0 Å². The number of hydrogen-bond acceptors (Lipinski definition) is 4. The van der Waals surface area contributed by atoms with Crippen molar-refractivity contribution >= 4 is 30.6 Å². The number of amides is 1. The fourth-order valence-corrected chi connectivity index (χ4v) is 8.11. The van der Waals surface area contributed by atoms with Crippen molar-refractivity contribution in [3.05, 3.63) is 60.7 Å². The Hall–Kier alpha value is -2.44. The Morgan fingerprint density at radius 3 is 1.77 bits per heavy atom. The number of carbonyl (C=O) groups excluding carboxylic acids is 2. The molecule has 2 aromatic carbocycles. The molecule has 0 aliphatic carbocycles. The van der Waals surface area contributed by atoms with Crippen molar-refractivity contribution in [2.75, 3.05) is 6.61 Å². The molecule has 0 aliphatic rings. The van der Waals surface area contributed by atoms with Gasteiger partial charge in [0.25, 0.3) is 14.2 Å². The maximum atomic E-state index is 13.1. The molecule has 0 N–H and O–H groups in total. The van der Waals surface area contributed by atoms with Gasteiger partial charge in [-0.2, -0.15) is 0 Å². The van der Waals surface area contributed by atoms with Crippen molar-refractivity contribution < 1.29 is 18.9 Å². The highest BCUT2D eigenvalue weighted by Gasteiger charge is 2.53. The van der Waals surface area contributed by atoms with Crippen LogP contribution in [0.2, 0.25) is 5.04 Å². The molecule has 0 atom stereocenters. The zero-order chi connectivity index (χ0) is 22.4. The summed E-state index contributed by atoms with van der Waals surface area (Å²) in [5, 5.41) is 3.23. The van der Waals surface area contributed by atoms with Gasteiger partial charge < -0.3 is 9.26 Å². The van der Waals surface area contributed by atoms with Gasteiger partial charge in [-0.25, -0.2) is 5.06 Å². The van der Waals surface area contributed by atoms with Crippen molar-refractivity contribution in [2.24, 2.45) is 0 Å². The second kappa shape index (κ2) is 10.0. The van der Waals surface area contributed by atoms with Crippen LogP contribution in [0, 0.1) is 0 Å². The lowest BCUT2D eigenvalue weighted by Crippen LogP contribution is -2.69. The Labute approximate surface area is 181 Å². The predicted molar refractivity (Wildman–Crippen MR) is 122 cm³/mol. The summed E-state index contributed by atoms with van der Waals surface area (Å²) >= 11 is 0. The molecule has 2 aromatic rings. The van der Waals surface area contributed by atoms with E-state index in [4.69, 9.17) is 9.26 Å². The Balaban J connectivity index is 2.61. The molecule has 6 heteroatoms. The average Bonchev–Trinajstić information content (AvgIpc) is 2.69. The van der Waals surface area contributed by atoms with E-state index in [1.807, 2.05) is 50.2 Å². The smallest absolute Gasteiger partial charge is 0.315 e. The first-order chi connectivity index (χ1) is 14.1. The molecule has 1 amide bonds. The fraction of sp³-hybridized carbons (Fsp3) is 0.417. The van der Waals surface area contributed by atoms with Crippen LogP contribution in [0.25, 0.3) is 0 Å². The van der Waals surface area contributed by atoms with Gasteiger partial charge in [0.1, 0.15) is 6.42 Å². The number of hydroxylamine groups is 2. The van der Waals surface area contributed by atoms with Crippen LogP contribution in [0.1, 0.15) is 48.0 Å². The first kappa shape index (κ1) is 23.8. The second-order valence-electron chi connectivity index (χ2n) is 8.55. The normalized spacial score (nSPS) is 12.0. The molecule has 0 unspecified atom stereocenters. The van der Waals surface area contributed by atoms with Gasteiger partial charge in [0.2, 0.25) is 0 Å². The highest BCUT2D eigenvalue weighted by atomic mass is 28.4. The Kier molecular flexibility index (Phi) is 7.98. The molecule has 30 heavy (non-hydrogen) atoms. The van der Waals surface area contributed by atoms with E-state index in [1.165, 1.54) is 5.06 Å². The molecule has 0 heterocycles. The lowest BCUT2D eigenvalue weighted by Gasteiger charge is -2.45. The number of carbonyl (C=O) groups is 2. The summed E-state index contributed by atoms with van der Waals surface area (Å²) < 4.78 is 11.8. The number of nitrogens with zero attached hydrogens (tertiary/aromatic N) is 1. The Morgan fingerprint density at radius 1 is 0.933 bits per heavy atom. The monoisotopic (exact) mass is 427 g/mol. The third kappa shape index (κ3) is 5.18. The number of esters is 1. The van der Waals surface area contributed by atoms with Crippen molar-refractivity contribution in [3.63, 3.8) is 0 Å². The highest BCUT2D eigenvalue weighted by Crippen LogP contribution is 2.37. The first-order valence-electron chi connectivity index (χ1n) is 10.4. The van der Waals surface area contributed by atoms with Gasteiger partial charge in [-0.3, -0.25) is 9.59 Å². The zero-order valence-corrected chi connectivity index (χ0v) is 19.8. The molecule has 0 saturated carbocycles. The van der Waals surface area contributed by atoms with E-state index in [1.54, 1.807) is 6.92 Å². The van der Waals surface area contributed by atoms with E-state index in [0.29, 0.717) is 0 Å². The fourth-order valence-electron chi connectivity index (χ4n) is 3.63. The number of benzene rings is 2. The van der Waals surface area contributed by atoms with Gasteiger partial charge >= 0.3 is 5.97 Å². The lowest BCUT2D eigenvalue weighted by atomic mass is 10.2. The Bertz CT molecular complexity index is 792. The zero-order valence-electron chi connectivity index (χ0n) is 18.8. The summed E-state index contributed by atoms with van der Waals surface area (Å²) in [4.78, 5) is 25.0. The van der Waals surface area contributed by atoms with Crippen LogP contribution in [-0.2, 0) is 18.9 Å². The van der Waals surface area contributed by atoms with E-state index in [-0.39, 0.29) is 24.1 Å². The minimum Gasteiger partial charge on any atom is -0.466 e.